The van der Waals surface area contributed by atoms with Crippen LogP contribution in [0.3, 0.4) is 0 Å². The van der Waals surface area contributed by atoms with E-state index in [1.165, 1.54) is 23.7 Å². The summed E-state index contributed by atoms with van der Waals surface area (Å²) in [5.74, 6) is 5.09. The second-order valence-corrected chi connectivity index (χ2v) is 3.14. The standard InChI is InChI=1S/C6H8/c1-3-2-5-4(1)6(3)5/h3-6H,1-2H2/t3?,4-,5?,6?/m0/s1. The highest BCUT2D eigenvalue weighted by Gasteiger charge is 2.71. The second-order valence-electron chi connectivity index (χ2n) is 3.14. The molecular weight excluding hydrogens is 72.1 g/mol. The summed E-state index contributed by atoms with van der Waals surface area (Å²) in [5.41, 5.74) is 0. The van der Waals surface area contributed by atoms with Gasteiger partial charge in [0.1, 0.15) is 0 Å². The Morgan fingerprint density at radius 2 is 1.67 bits per heavy atom. The summed E-state index contributed by atoms with van der Waals surface area (Å²) in [7, 11) is 0. The van der Waals surface area contributed by atoms with Gasteiger partial charge in [-0.2, -0.15) is 0 Å². The van der Waals surface area contributed by atoms with Crippen LogP contribution >= 0.6 is 0 Å². The first kappa shape index (κ1) is 2.34. The van der Waals surface area contributed by atoms with Gasteiger partial charge in [-0.1, -0.05) is 0 Å². The van der Waals surface area contributed by atoms with Crippen molar-refractivity contribution in [1.29, 1.82) is 0 Å². The van der Waals surface area contributed by atoms with Crippen molar-refractivity contribution >= 4 is 0 Å². The van der Waals surface area contributed by atoms with Crippen molar-refractivity contribution in [2.75, 3.05) is 0 Å². The van der Waals surface area contributed by atoms with E-state index in [0.29, 0.717) is 0 Å². The fourth-order valence-electron chi connectivity index (χ4n) is 2.56. The molecule has 0 saturated heterocycles. The minimum Gasteiger partial charge on any atom is -0.0467 e. The van der Waals surface area contributed by atoms with E-state index in [4.69, 9.17) is 0 Å². The number of rotatable bonds is 0. The van der Waals surface area contributed by atoms with Gasteiger partial charge in [-0.3, -0.25) is 0 Å². The van der Waals surface area contributed by atoms with Crippen LogP contribution in [0.25, 0.3) is 0 Å². The molecule has 4 atom stereocenters. The van der Waals surface area contributed by atoms with Gasteiger partial charge >= 0.3 is 0 Å². The summed E-state index contributed by atoms with van der Waals surface area (Å²) >= 11 is 0. The molecule has 0 aromatic rings. The Morgan fingerprint density at radius 3 is 1.67 bits per heavy atom. The zero-order chi connectivity index (χ0) is 3.72. The van der Waals surface area contributed by atoms with Gasteiger partial charge in [-0.15, -0.1) is 0 Å². The van der Waals surface area contributed by atoms with E-state index in [1.807, 2.05) is 0 Å². The van der Waals surface area contributed by atoms with Gasteiger partial charge in [-0.05, 0) is 36.5 Å². The van der Waals surface area contributed by atoms with E-state index >= 15 is 0 Å². The zero-order valence-electron chi connectivity index (χ0n) is 3.72. The molecular formula is C6H8. The first-order valence-corrected chi connectivity index (χ1v) is 2.97. The van der Waals surface area contributed by atoms with Crippen LogP contribution < -0.4 is 0 Å². The third-order valence-corrected chi connectivity index (χ3v) is 3.09. The van der Waals surface area contributed by atoms with Crippen molar-refractivity contribution in [1.82, 2.24) is 0 Å². The summed E-state index contributed by atoms with van der Waals surface area (Å²) in [6, 6.07) is 0. The van der Waals surface area contributed by atoms with Crippen LogP contribution in [0.2, 0.25) is 0 Å². The summed E-state index contributed by atoms with van der Waals surface area (Å²) in [5, 5.41) is 0. The Morgan fingerprint density at radius 1 is 1.00 bits per heavy atom. The zero-order valence-corrected chi connectivity index (χ0v) is 3.72. The van der Waals surface area contributed by atoms with Crippen LogP contribution in [0, 0.1) is 23.7 Å². The van der Waals surface area contributed by atoms with Crippen molar-refractivity contribution in [3.8, 4) is 0 Å². The Hall–Kier alpha value is 0. The Labute approximate surface area is 37.5 Å². The molecule has 0 amide bonds. The predicted octanol–water partition coefficient (Wildman–Crippen LogP) is 1.27. The predicted molar refractivity (Wildman–Crippen MR) is 23.2 cm³/mol. The summed E-state index contributed by atoms with van der Waals surface area (Å²) in [4.78, 5) is 0. The molecule has 0 heteroatoms. The average Bonchev–Trinajstić information content (AvgIpc) is 2.03. The fraction of sp³-hybridized carbons (Fsp3) is 1.00. The first-order chi connectivity index (χ1) is 2.97. The molecule has 0 radical (unpaired) electrons. The number of fused-ring (bicyclic) bond motifs is 1. The lowest BCUT2D eigenvalue weighted by atomic mass is 9.79. The molecule has 3 aliphatic carbocycles. The number of hydrogen-bond acceptors (Lipinski definition) is 0. The third kappa shape index (κ3) is 0.0744. The van der Waals surface area contributed by atoms with Crippen LogP contribution in [-0.2, 0) is 0 Å². The van der Waals surface area contributed by atoms with E-state index in [2.05, 4.69) is 0 Å². The Bertz CT molecular complexity index is 77.5. The third-order valence-electron chi connectivity index (χ3n) is 3.09. The first-order valence-electron chi connectivity index (χ1n) is 2.97. The molecule has 32 valence electrons. The van der Waals surface area contributed by atoms with Gasteiger partial charge in [0.2, 0.25) is 0 Å². The monoisotopic (exact) mass is 80.1 g/mol. The van der Waals surface area contributed by atoms with Gasteiger partial charge in [0, 0.05) is 0 Å². The van der Waals surface area contributed by atoms with E-state index in [9.17, 15) is 0 Å². The number of hydrogen-bond donors (Lipinski definition) is 0. The maximum absolute atomic E-state index is 1.62. The average molecular weight is 80.1 g/mol. The molecule has 0 N–H and O–H groups in total. The summed E-state index contributed by atoms with van der Waals surface area (Å²) in [6.07, 6.45) is 3.24. The highest BCUT2D eigenvalue weighted by atomic mass is 14.8. The van der Waals surface area contributed by atoms with E-state index in [0.717, 1.165) is 0 Å². The molecule has 0 spiro atoms. The maximum atomic E-state index is 1.62. The van der Waals surface area contributed by atoms with Gasteiger partial charge in [0.05, 0.1) is 0 Å². The van der Waals surface area contributed by atoms with Crippen LogP contribution in [-0.4, -0.2) is 0 Å². The highest BCUT2D eigenvalue weighted by molar-refractivity contribution is 5.19. The van der Waals surface area contributed by atoms with Crippen molar-refractivity contribution in [3.63, 3.8) is 0 Å². The topological polar surface area (TPSA) is 0 Å². The molecule has 0 aromatic carbocycles. The maximum Gasteiger partial charge on any atom is -0.0323 e. The SMILES string of the molecule is C1C2C[C@H]3C1C23. The highest BCUT2D eigenvalue weighted by Crippen LogP contribution is 2.77. The molecule has 6 heavy (non-hydrogen) atoms. The van der Waals surface area contributed by atoms with Crippen molar-refractivity contribution in [2.24, 2.45) is 23.7 Å². The minimum atomic E-state index is 1.25. The Kier molecular flexibility index (Phi) is 0.159. The van der Waals surface area contributed by atoms with Gasteiger partial charge in [0.15, 0.2) is 0 Å². The lowest BCUT2D eigenvalue weighted by molar-refractivity contribution is 0.234. The quantitative estimate of drug-likeness (QED) is 0.411. The van der Waals surface area contributed by atoms with Crippen LogP contribution in [0.15, 0.2) is 0 Å². The molecule has 0 bridgehead atoms. The van der Waals surface area contributed by atoms with Crippen molar-refractivity contribution in [2.45, 2.75) is 12.8 Å². The van der Waals surface area contributed by atoms with Crippen molar-refractivity contribution in [3.05, 3.63) is 0 Å². The molecule has 3 aliphatic rings. The van der Waals surface area contributed by atoms with Crippen LogP contribution in [0.1, 0.15) is 12.8 Å². The largest absolute Gasteiger partial charge is 0.0467 e. The second kappa shape index (κ2) is 0.408. The van der Waals surface area contributed by atoms with Gasteiger partial charge in [-0.25, -0.2) is 0 Å². The van der Waals surface area contributed by atoms with E-state index < -0.39 is 0 Å². The fourth-order valence-corrected chi connectivity index (χ4v) is 2.56. The molecule has 3 rings (SSSR count). The molecule has 3 fully saturated rings. The normalized spacial score (nSPS) is 80.0. The van der Waals surface area contributed by atoms with Crippen LogP contribution in [0.4, 0.5) is 0 Å². The van der Waals surface area contributed by atoms with E-state index in [1.54, 1.807) is 12.8 Å². The van der Waals surface area contributed by atoms with E-state index in [-0.39, 0.29) is 0 Å². The lowest BCUT2D eigenvalue weighted by Gasteiger charge is -2.26. The molecule has 0 nitrogen and oxygen atoms in total. The van der Waals surface area contributed by atoms with Crippen molar-refractivity contribution < 1.29 is 0 Å². The lowest BCUT2D eigenvalue weighted by Crippen LogP contribution is -2.18. The van der Waals surface area contributed by atoms with Crippen LogP contribution in [0.5, 0.6) is 0 Å². The molecule has 0 aliphatic heterocycles. The molecule has 0 heterocycles. The molecule has 3 unspecified atom stereocenters. The smallest absolute Gasteiger partial charge is 0.0323 e. The van der Waals surface area contributed by atoms with Gasteiger partial charge < -0.3 is 0 Å². The summed E-state index contributed by atoms with van der Waals surface area (Å²) < 4.78 is 0. The molecule has 3 saturated carbocycles. The van der Waals surface area contributed by atoms with Gasteiger partial charge in [0.25, 0.3) is 0 Å². The molecule has 0 aromatic heterocycles. The summed E-state index contributed by atoms with van der Waals surface area (Å²) in [6.45, 7) is 0. The minimum absolute atomic E-state index is 1.25. The Balaban J connectivity index is 2.21.